The van der Waals surface area contributed by atoms with E-state index in [0.717, 1.165) is 17.7 Å². The summed E-state index contributed by atoms with van der Waals surface area (Å²) in [6, 6.07) is 10.4. The van der Waals surface area contributed by atoms with Gasteiger partial charge in [0.05, 0.1) is 6.61 Å². The zero-order valence-electron chi connectivity index (χ0n) is 10.8. The molecule has 18 heavy (non-hydrogen) atoms. The lowest BCUT2D eigenvalue weighted by atomic mass is 10.1. The van der Waals surface area contributed by atoms with Crippen LogP contribution in [0.3, 0.4) is 0 Å². The predicted molar refractivity (Wildman–Crippen MR) is 77.3 cm³/mol. The SMILES string of the molecule is Cc1ccc(C(C)N)c(OCCc2cccs2)c1. The molecule has 0 amide bonds. The molecule has 0 saturated heterocycles. The van der Waals surface area contributed by atoms with Crippen LogP contribution < -0.4 is 10.5 Å². The molecule has 2 aromatic rings. The van der Waals surface area contributed by atoms with Crippen molar-refractivity contribution in [2.45, 2.75) is 26.3 Å². The molecule has 2 N–H and O–H groups in total. The van der Waals surface area contributed by atoms with E-state index in [4.69, 9.17) is 10.5 Å². The molecule has 0 aliphatic rings. The number of nitrogens with two attached hydrogens (primary N) is 1. The minimum Gasteiger partial charge on any atom is -0.493 e. The highest BCUT2D eigenvalue weighted by molar-refractivity contribution is 7.09. The van der Waals surface area contributed by atoms with Crippen LogP contribution in [-0.2, 0) is 6.42 Å². The topological polar surface area (TPSA) is 35.2 Å². The normalized spacial score (nSPS) is 12.4. The van der Waals surface area contributed by atoms with Gasteiger partial charge in [0.25, 0.3) is 0 Å². The summed E-state index contributed by atoms with van der Waals surface area (Å²) in [6.07, 6.45) is 0.948. The number of rotatable bonds is 5. The molecule has 0 aliphatic carbocycles. The molecule has 0 aliphatic heterocycles. The van der Waals surface area contributed by atoms with Gasteiger partial charge in [-0.05, 0) is 36.9 Å². The Hall–Kier alpha value is -1.32. The van der Waals surface area contributed by atoms with E-state index in [-0.39, 0.29) is 6.04 Å². The molecule has 1 aromatic heterocycles. The zero-order chi connectivity index (χ0) is 13.0. The Balaban J connectivity index is 2.01. The van der Waals surface area contributed by atoms with Gasteiger partial charge in [-0.15, -0.1) is 11.3 Å². The van der Waals surface area contributed by atoms with Gasteiger partial charge in [-0.25, -0.2) is 0 Å². The lowest BCUT2D eigenvalue weighted by Gasteiger charge is -2.14. The minimum absolute atomic E-state index is 0.00216. The fourth-order valence-corrected chi connectivity index (χ4v) is 2.55. The third kappa shape index (κ3) is 3.34. The van der Waals surface area contributed by atoms with Gasteiger partial charge >= 0.3 is 0 Å². The van der Waals surface area contributed by atoms with E-state index in [1.807, 2.05) is 6.92 Å². The first-order chi connectivity index (χ1) is 8.66. The summed E-state index contributed by atoms with van der Waals surface area (Å²) in [5.41, 5.74) is 8.23. The van der Waals surface area contributed by atoms with Crippen molar-refractivity contribution >= 4 is 11.3 Å². The summed E-state index contributed by atoms with van der Waals surface area (Å²) in [4.78, 5) is 1.35. The van der Waals surface area contributed by atoms with Gasteiger partial charge in [0.1, 0.15) is 5.75 Å². The third-order valence-corrected chi connectivity index (χ3v) is 3.78. The maximum atomic E-state index is 5.95. The number of ether oxygens (including phenoxy) is 1. The van der Waals surface area contributed by atoms with Crippen LogP contribution in [0.5, 0.6) is 5.75 Å². The number of thiophene rings is 1. The lowest BCUT2D eigenvalue weighted by molar-refractivity contribution is 0.318. The Bertz CT molecular complexity index is 491. The summed E-state index contributed by atoms with van der Waals surface area (Å²) in [5, 5.41) is 2.09. The molecule has 96 valence electrons. The van der Waals surface area contributed by atoms with Crippen molar-refractivity contribution in [1.29, 1.82) is 0 Å². The molecular formula is C15H19NOS. The second-order valence-electron chi connectivity index (χ2n) is 4.51. The van der Waals surface area contributed by atoms with E-state index in [2.05, 4.69) is 42.6 Å². The number of hydrogen-bond donors (Lipinski definition) is 1. The van der Waals surface area contributed by atoms with Crippen molar-refractivity contribution in [1.82, 2.24) is 0 Å². The van der Waals surface area contributed by atoms with E-state index >= 15 is 0 Å². The summed E-state index contributed by atoms with van der Waals surface area (Å²) in [6.45, 7) is 4.75. The van der Waals surface area contributed by atoms with Crippen LogP contribution in [0.2, 0.25) is 0 Å². The maximum absolute atomic E-state index is 5.95. The molecule has 2 nitrogen and oxygen atoms in total. The highest BCUT2D eigenvalue weighted by atomic mass is 32.1. The molecule has 2 rings (SSSR count). The van der Waals surface area contributed by atoms with Crippen LogP contribution in [0.1, 0.15) is 29.0 Å². The fraction of sp³-hybridized carbons (Fsp3) is 0.333. The average Bonchev–Trinajstić information content (AvgIpc) is 2.82. The van der Waals surface area contributed by atoms with E-state index in [1.54, 1.807) is 11.3 Å². The predicted octanol–water partition coefficient (Wildman–Crippen LogP) is 3.70. The molecule has 3 heteroatoms. The molecule has 1 heterocycles. The van der Waals surface area contributed by atoms with Gasteiger partial charge in [0.15, 0.2) is 0 Å². The molecule has 0 spiro atoms. The second-order valence-corrected chi connectivity index (χ2v) is 5.54. The van der Waals surface area contributed by atoms with Crippen LogP contribution in [0.25, 0.3) is 0 Å². The van der Waals surface area contributed by atoms with Crippen LogP contribution in [-0.4, -0.2) is 6.61 Å². The van der Waals surface area contributed by atoms with Gasteiger partial charge in [-0.2, -0.15) is 0 Å². The van der Waals surface area contributed by atoms with Crippen molar-refractivity contribution in [3.63, 3.8) is 0 Å². The molecule has 0 bridgehead atoms. The fourth-order valence-electron chi connectivity index (χ4n) is 1.86. The zero-order valence-corrected chi connectivity index (χ0v) is 11.7. The van der Waals surface area contributed by atoms with Gasteiger partial charge in [0.2, 0.25) is 0 Å². The Morgan fingerprint density at radius 1 is 1.33 bits per heavy atom. The molecule has 1 aromatic carbocycles. The van der Waals surface area contributed by atoms with E-state index in [0.29, 0.717) is 6.61 Å². The Morgan fingerprint density at radius 3 is 2.83 bits per heavy atom. The number of aryl methyl sites for hydroxylation is 1. The first-order valence-electron chi connectivity index (χ1n) is 6.18. The first kappa shape index (κ1) is 13.1. The smallest absolute Gasteiger partial charge is 0.124 e. The Kier molecular flexibility index (Phi) is 4.39. The van der Waals surface area contributed by atoms with Crippen molar-refractivity contribution in [3.8, 4) is 5.75 Å². The van der Waals surface area contributed by atoms with Crippen molar-refractivity contribution in [2.75, 3.05) is 6.61 Å². The lowest BCUT2D eigenvalue weighted by Crippen LogP contribution is -2.09. The minimum atomic E-state index is 0.00216. The molecule has 0 radical (unpaired) electrons. The monoisotopic (exact) mass is 261 g/mol. The quantitative estimate of drug-likeness (QED) is 0.890. The van der Waals surface area contributed by atoms with Gasteiger partial charge < -0.3 is 10.5 Å². The van der Waals surface area contributed by atoms with Crippen LogP contribution in [0.15, 0.2) is 35.7 Å². The maximum Gasteiger partial charge on any atom is 0.124 e. The number of benzene rings is 1. The van der Waals surface area contributed by atoms with Crippen molar-refractivity contribution in [2.24, 2.45) is 5.73 Å². The van der Waals surface area contributed by atoms with Crippen molar-refractivity contribution < 1.29 is 4.74 Å². The van der Waals surface area contributed by atoms with Crippen molar-refractivity contribution in [3.05, 3.63) is 51.7 Å². The highest BCUT2D eigenvalue weighted by Gasteiger charge is 2.08. The third-order valence-electron chi connectivity index (χ3n) is 2.85. The average molecular weight is 261 g/mol. The highest BCUT2D eigenvalue weighted by Crippen LogP contribution is 2.25. The Labute approximate surface area is 112 Å². The molecule has 1 unspecified atom stereocenters. The summed E-state index contributed by atoms with van der Waals surface area (Å²) < 4.78 is 5.88. The van der Waals surface area contributed by atoms with E-state index < -0.39 is 0 Å². The Morgan fingerprint density at radius 2 is 2.17 bits per heavy atom. The van der Waals surface area contributed by atoms with E-state index in [1.165, 1.54) is 10.4 Å². The van der Waals surface area contributed by atoms with Crippen LogP contribution >= 0.6 is 11.3 Å². The number of hydrogen-bond acceptors (Lipinski definition) is 3. The molecule has 0 saturated carbocycles. The largest absolute Gasteiger partial charge is 0.493 e. The van der Waals surface area contributed by atoms with Gasteiger partial charge in [0, 0.05) is 22.9 Å². The van der Waals surface area contributed by atoms with Crippen LogP contribution in [0.4, 0.5) is 0 Å². The van der Waals surface area contributed by atoms with Gasteiger partial charge in [-0.1, -0.05) is 18.2 Å². The molecular weight excluding hydrogens is 242 g/mol. The van der Waals surface area contributed by atoms with Gasteiger partial charge in [-0.3, -0.25) is 0 Å². The summed E-state index contributed by atoms with van der Waals surface area (Å²) in [5.74, 6) is 0.918. The summed E-state index contributed by atoms with van der Waals surface area (Å²) >= 11 is 1.77. The summed E-state index contributed by atoms with van der Waals surface area (Å²) in [7, 11) is 0. The first-order valence-corrected chi connectivity index (χ1v) is 7.06. The molecule has 1 atom stereocenters. The standard InChI is InChI=1S/C15H19NOS/c1-11-5-6-14(12(2)16)15(10-11)17-8-7-13-4-3-9-18-13/h3-6,9-10,12H,7-8,16H2,1-2H3. The second kappa shape index (κ2) is 6.03. The van der Waals surface area contributed by atoms with Crippen LogP contribution in [0, 0.1) is 6.92 Å². The molecule has 0 fully saturated rings. The van der Waals surface area contributed by atoms with E-state index in [9.17, 15) is 0 Å².